The van der Waals surface area contributed by atoms with Crippen LogP contribution in [0.3, 0.4) is 0 Å². The van der Waals surface area contributed by atoms with E-state index in [2.05, 4.69) is 17.3 Å². The van der Waals surface area contributed by atoms with Crippen LogP contribution in [0.25, 0.3) is 6.08 Å². The molecule has 0 atom stereocenters. The van der Waals surface area contributed by atoms with Crippen molar-refractivity contribution in [2.45, 2.75) is 25.4 Å². The molecule has 2 amide bonds. The summed E-state index contributed by atoms with van der Waals surface area (Å²) in [6.07, 6.45) is 7.49. The molecular weight excluding hydrogens is 314 g/mol. The summed E-state index contributed by atoms with van der Waals surface area (Å²) in [5, 5.41) is 2.94. The van der Waals surface area contributed by atoms with Gasteiger partial charge in [-0.3, -0.25) is 0 Å². The quantitative estimate of drug-likeness (QED) is 0.737. The molecule has 138 valence electrons. The molecule has 0 aliphatic carbocycles. The molecule has 0 aromatic heterocycles. The Bertz CT molecular complexity index is 525. The molecule has 2 rings (SSSR count). The Morgan fingerprint density at radius 2 is 2.04 bits per heavy atom. The summed E-state index contributed by atoms with van der Waals surface area (Å²) >= 11 is 0. The second kappa shape index (κ2) is 10.9. The summed E-state index contributed by atoms with van der Waals surface area (Å²) in [6.45, 7) is 4.18. The topological polar surface area (TPSA) is 44.8 Å². The summed E-state index contributed by atoms with van der Waals surface area (Å²) < 4.78 is 5.88. The molecule has 0 bridgehead atoms. The van der Waals surface area contributed by atoms with Crippen LogP contribution in [-0.2, 0) is 4.74 Å². The van der Waals surface area contributed by atoms with Crippen molar-refractivity contribution in [3.8, 4) is 0 Å². The Morgan fingerprint density at radius 1 is 1.32 bits per heavy atom. The number of likely N-dealkylation sites (N-methyl/N-ethyl adjacent to an activating group) is 1. The highest BCUT2D eigenvalue weighted by atomic mass is 16.5. The van der Waals surface area contributed by atoms with E-state index in [0.717, 1.165) is 37.9 Å². The maximum absolute atomic E-state index is 12.0. The average Bonchev–Trinajstić information content (AvgIpc) is 2.63. The molecule has 1 saturated heterocycles. The largest absolute Gasteiger partial charge is 0.378 e. The maximum atomic E-state index is 12.0. The number of nitrogens with one attached hydrogen (secondary N) is 1. The van der Waals surface area contributed by atoms with Crippen LogP contribution in [0.2, 0.25) is 0 Å². The second-order valence-electron chi connectivity index (χ2n) is 6.65. The van der Waals surface area contributed by atoms with E-state index >= 15 is 0 Å². The highest BCUT2D eigenvalue weighted by molar-refractivity contribution is 5.74. The van der Waals surface area contributed by atoms with Crippen molar-refractivity contribution in [3.63, 3.8) is 0 Å². The van der Waals surface area contributed by atoms with Gasteiger partial charge in [0.05, 0.1) is 6.10 Å². The van der Waals surface area contributed by atoms with Gasteiger partial charge >= 0.3 is 6.03 Å². The van der Waals surface area contributed by atoms with Gasteiger partial charge < -0.3 is 19.9 Å². The van der Waals surface area contributed by atoms with E-state index in [4.69, 9.17) is 4.74 Å². The lowest BCUT2D eigenvalue weighted by atomic mass is 10.1. The third-order valence-electron chi connectivity index (χ3n) is 4.45. The van der Waals surface area contributed by atoms with Gasteiger partial charge in [0.1, 0.15) is 0 Å². The number of rotatable bonds is 8. The smallest absolute Gasteiger partial charge is 0.317 e. The number of hydrogen-bond donors (Lipinski definition) is 1. The first-order chi connectivity index (χ1) is 12.1. The first-order valence-electron chi connectivity index (χ1n) is 9.16. The Hall–Kier alpha value is -1.85. The molecule has 1 aromatic rings. The monoisotopic (exact) mass is 345 g/mol. The molecule has 5 heteroatoms. The van der Waals surface area contributed by atoms with Crippen LogP contribution < -0.4 is 5.32 Å². The number of nitrogens with zero attached hydrogens (tertiary/aromatic N) is 2. The summed E-state index contributed by atoms with van der Waals surface area (Å²) in [4.78, 5) is 16.0. The number of carbonyl (C=O) groups excluding carboxylic acids is 1. The number of carbonyl (C=O) groups is 1. The molecule has 0 radical (unpaired) electrons. The molecule has 0 spiro atoms. The van der Waals surface area contributed by atoms with Gasteiger partial charge in [0.25, 0.3) is 0 Å². The van der Waals surface area contributed by atoms with E-state index in [1.165, 1.54) is 0 Å². The molecule has 5 nitrogen and oxygen atoms in total. The van der Waals surface area contributed by atoms with Gasteiger partial charge in [0.15, 0.2) is 0 Å². The van der Waals surface area contributed by atoms with Gasteiger partial charge in [0.2, 0.25) is 0 Å². The highest BCUT2D eigenvalue weighted by Crippen LogP contribution is 2.12. The van der Waals surface area contributed by atoms with Crippen LogP contribution >= 0.6 is 0 Å². The fourth-order valence-corrected chi connectivity index (χ4v) is 2.80. The Kier molecular flexibility index (Phi) is 8.49. The predicted octanol–water partition coefficient (Wildman–Crippen LogP) is 2.84. The van der Waals surface area contributed by atoms with Crippen LogP contribution in [0.15, 0.2) is 36.4 Å². The number of benzene rings is 1. The number of amides is 2. The molecule has 1 heterocycles. The number of ether oxygens (including phenoxy) is 1. The standard InChI is InChI=1S/C20H31N3O2/c1-22-15-11-19(12-16-22)25-17-7-13-21-20(24)23(2)14-6-10-18-8-4-3-5-9-18/h3-6,8-10,19H,7,11-17H2,1-2H3,(H,21,24). The van der Waals surface area contributed by atoms with Crippen LogP contribution in [0.5, 0.6) is 0 Å². The van der Waals surface area contributed by atoms with Gasteiger partial charge in [-0.1, -0.05) is 42.5 Å². The van der Waals surface area contributed by atoms with Crippen molar-refractivity contribution in [2.75, 3.05) is 46.9 Å². The number of piperidine rings is 1. The van der Waals surface area contributed by atoms with Crippen LogP contribution in [0.4, 0.5) is 4.79 Å². The Labute approximate surface area is 151 Å². The van der Waals surface area contributed by atoms with Gasteiger partial charge in [-0.15, -0.1) is 0 Å². The lowest BCUT2D eigenvalue weighted by molar-refractivity contribution is 0.0118. The second-order valence-corrected chi connectivity index (χ2v) is 6.65. The highest BCUT2D eigenvalue weighted by Gasteiger charge is 2.16. The number of likely N-dealkylation sites (tertiary alicyclic amines) is 1. The molecule has 25 heavy (non-hydrogen) atoms. The Morgan fingerprint density at radius 3 is 2.76 bits per heavy atom. The van der Waals surface area contributed by atoms with Crippen molar-refractivity contribution in [1.82, 2.24) is 15.1 Å². The van der Waals surface area contributed by atoms with Gasteiger partial charge in [-0.25, -0.2) is 4.79 Å². The average molecular weight is 345 g/mol. The first-order valence-corrected chi connectivity index (χ1v) is 9.16. The molecule has 0 saturated carbocycles. The molecule has 1 aliphatic heterocycles. The molecule has 1 aliphatic rings. The van der Waals surface area contributed by atoms with Crippen molar-refractivity contribution >= 4 is 12.1 Å². The third kappa shape index (κ3) is 7.71. The van der Waals surface area contributed by atoms with E-state index in [0.29, 0.717) is 25.8 Å². The van der Waals surface area contributed by atoms with E-state index < -0.39 is 0 Å². The summed E-state index contributed by atoms with van der Waals surface area (Å²) in [5.74, 6) is 0. The van der Waals surface area contributed by atoms with Crippen LogP contribution in [0.1, 0.15) is 24.8 Å². The SMILES string of the molecule is CN1CCC(OCCCNC(=O)N(C)CC=Cc2ccccc2)CC1. The van der Waals surface area contributed by atoms with Crippen LogP contribution in [-0.4, -0.2) is 68.8 Å². The maximum Gasteiger partial charge on any atom is 0.317 e. The minimum Gasteiger partial charge on any atom is -0.378 e. The molecule has 0 unspecified atom stereocenters. The predicted molar refractivity (Wildman–Crippen MR) is 103 cm³/mol. The number of hydrogen-bond acceptors (Lipinski definition) is 3. The first kappa shape index (κ1) is 19.5. The van der Waals surface area contributed by atoms with Gasteiger partial charge in [-0.05, 0) is 31.9 Å². The van der Waals surface area contributed by atoms with E-state index in [1.807, 2.05) is 42.5 Å². The molecule has 1 fully saturated rings. The minimum atomic E-state index is -0.0444. The third-order valence-corrected chi connectivity index (χ3v) is 4.45. The minimum absolute atomic E-state index is 0.0444. The van der Waals surface area contributed by atoms with Crippen molar-refractivity contribution in [3.05, 3.63) is 42.0 Å². The summed E-state index contributed by atoms with van der Waals surface area (Å²) in [6, 6.07) is 10.0. The van der Waals surface area contributed by atoms with Crippen molar-refractivity contribution in [1.29, 1.82) is 0 Å². The fraction of sp³-hybridized carbons (Fsp3) is 0.550. The molecule has 1 N–H and O–H groups in total. The molecule has 1 aromatic carbocycles. The zero-order chi connectivity index (χ0) is 17.9. The Balaban J connectivity index is 1.53. The van der Waals surface area contributed by atoms with Gasteiger partial charge in [-0.2, -0.15) is 0 Å². The van der Waals surface area contributed by atoms with E-state index in [-0.39, 0.29) is 6.03 Å². The zero-order valence-electron chi connectivity index (χ0n) is 15.5. The normalized spacial score (nSPS) is 16.2. The zero-order valence-corrected chi connectivity index (χ0v) is 15.5. The van der Waals surface area contributed by atoms with Crippen molar-refractivity contribution < 1.29 is 9.53 Å². The summed E-state index contributed by atoms with van der Waals surface area (Å²) in [7, 11) is 3.96. The van der Waals surface area contributed by atoms with Crippen molar-refractivity contribution in [2.24, 2.45) is 0 Å². The fourth-order valence-electron chi connectivity index (χ4n) is 2.80. The van der Waals surface area contributed by atoms with Gasteiger partial charge in [0, 0.05) is 39.8 Å². The lowest BCUT2D eigenvalue weighted by Gasteiger charge is -2.28. The van der Waals surface area contributed by atoms with E-state index in [9.17, 15) is 4.79 Å². The molecular formula is C20H31N3O2. The van der Waals surface area contributed by atoms with E-state index in [1.54, 1.807) is 11.9 Å². The lowest BCUT2D eigenvalue weighted by Crippen LogP contribution is -2.38. The number of urea groups is 1. The summed E-state index contributed by atoms with van der Waals surface area (Å²) in [5.41, 5.74) is 1.14. The van der Waals surface area contributed by atoms with Crippen LogP contribution in [0, 0.1) is 0 Å².